The van der Waals surface area contributed by atoms with Gasteiger partial charge < -0.3 is 9.47 Å². The molecule has 1 heterocycles. The van der Waals surface area contributed by atoms with Gasteiger partial charge in [-0.25, -0.2) is 0 Å². The molecule has 1 aromatic heterocycles. The quantitative estimate of drug-likeness (QED) is 0.768. The smallest absolute Gasteiger partial charge is 0.131 e. The minimum absolute atomic E-state index is 0.439. The molecule has 0 atom stereocenters. The Morgan fingerprint density at radius 1 is 1.25 bits per heavy atom. The van der Waals surface area contributed by atoms with Gasteiger partial charge in [0.25, 0.3) is 0 Å². The summed E-state index contributed by atoms with van der Waals surface area (Å²) in [5, 5.41) is 0.819. The largest absolute Gasteiger partial charge is 0.496 e. The summed E-state index contributed by atoms with van der Waals surface area (Å²) in [6, 6.07) is 8.02. The maximum atomic E-state index is 5.82. The van der Waals surface area contributed by atoms with Crippen LogP contribution in [0.3, 0.4) is 0 Å². The van der Waals surface area contributed by atoms with E-state index < -0.39 is 0 Å². The lowest BCUT2D eigenvalue weighted by Gasteiger charge is -2.13. The maximum Gasteiger partial charge on any atom is 0.131 e. The van der Waals surface area contributed by atoms with Gasteiger partial charge in [0, 0.05) is 22.7 Å². The first-order valence-electron chi connectivity index (χ1n) is 6.42. The van der Waals surface area contributed by atoms with Crippen LogP contribution in [0.1, 0.15) is 22.4 Å². The Hall–Kier alpha value is -1.55. The van der Waals surface area contributed by atoms with Gasteiger partial charge in [-0.3, -0.25) is 4.98 Å². The van der Waals surface area contributed by atoms with E-state index in [-0.39, 0.29) is 0 Å². The number of hydrogen-bond donors (Lipinski definition) is 0. The molecule has 0 unspecified atom stereocenters. The van der Waals surface area contributed by atoms with Crippen LogP contribution >= 0.6 is 15.9 Å². The van der Waals surface area contributed by atoms with Crippen molar-refractivity contribution in [2.45, 2.75) is 25.8 Å². The third-order valence-electron chi connectivity index (χ3n) is 3.18. The van der Waals surface area contributed by atoms with Gasteiger partial charge in [-0.1, -0.05) is 28.1 Å². The van der Waals surface area contributed by atoms with Gasteiger partial charge in [-0.2, -0.15) is 0 Å². The van der Waals surface area contributed by atoms with E-state index in [1.807, 2.05) is 38.2 Å². The van der Waals surface area contributed by atoms with Crippen molar-refractivity contribution in [3.63, 3.8) is 0 Å². The number of hydrogen-bond acceptors (Lipinski definition) is 3. The molecule has 2 rings (SSSR count). The molecule has 3 nitrogen and oxygen atoms in total. The third-order valence-corrected chi connectivity index (χ3v) is 3.83. The van der Waals surface area contributed by atoms with Crippen molar-refractivity contribution in [3.05, 3.63) is 52.8 Å². The molecule has 1 aromatic carbocycles. The number of nitrogens with zero attached hydrogens (tertiary/aromatic N) is 1. The van der Waals surface area contributed by atoms with Crippen LogP contribution in [-0.4, -0.2) is 12.1 Å². The number of alkyl halides is 1. The summed E-state index contributed by atoms with van der Waals surface area (Å²) in [5.41, 5.74) is 4.16. The van der Waals surface area contributed by atoms with Crippen LogP contribution in [-0.2, 0) is 11.9 Å². The lowest BCUT2D eigenvalue weighted by atomic mass is 10.1. The average molecular weight is 336 g/mol. The molecule has 4 heteroatoms. The van der Waals surface area contributed by atoms with Gasteiger partial charge in [-0.15, -0.1) is 0 Å². The van der Waals surface area contributed by atoms with Gasteiger partial charge in [0.2, 0.25) is 0 Å². The summed E-state index contributed by atoms with van der Waals surface area (Å²) in [7, 11) is 1.68. The Bertz CT molecular complexity index is 599. The van der Waals surface area contributed by atoms with E-state index in [0.717, 1.165) is 33.6 Å². The Morgan fingerprint density at radius 3 is 2.75 bits per heavy atom. The number of methoxy groups -OCH3 is 1. The van der Waals surface area contributed by atoms with Crippen LogP contribution in [0.15, 0.2) is 30.5 Å². The molecule has 0 aliphatic heterocycles. The monoisotopic (exact) mass is 335 g/mol. The van der Waals surface area contributed by atoms with Crippen LogP contribution in [0.4, 0.5) is 0 Å². The van der Waals surface area contributed by atoms with Crippen molar-refractivity contribution in [2.24, 2.45) is 0 Å². The molecule has 0 saturated carbocycles. The molecular formula is C16H18BrNO2. The predicted octanol–water partition coefficient (Wildman–Crippen LogP) is 4.18. The van der Waals surface area contributed by atoms with Crippen LogP contribution in [0.25, 0.3) is 0 Å². The fourth-order valence-electron chi connectivity index (χ4n) is 2.09. The number of halogens is 1. The fourth-order valence-corrected chi connectivity index (χ4v) is 2.44. The number of ether oxygens (including phenoxy) is 2. The van der Waals surface area contributed by atoms with E-state index >= 15 is 0 Å². The molecule has 0 spiro atoms. The molecule has 0 fully saturated rings. The third kappa shape index (κ3) is 3.31. The number of pyridine rings is 1. The second-order valence-electron chi connectivity index (χ2n) is 4.62. The highest BCUT2D eigenvalue weighted by atomic mass is 79.9. The second-order valence-corrected chi connectivity index (χ2v) is 5.18. The van der Waals surface area contributed by atoms with Crippen LogP contribution in [0, 0.1) is 13.8 Å². The summed E-state index contributed by atoms with van der Waals surface area (Å²) in [5.74, 6) is 1.73. The molecule has 0 saturated heterocycles. The SMILES string of the molecule is COc1c(C)cnc(COc2cccc(CBr)c2)c1C. The zero-order valence-electron chi connectivity index (χ0n) is 11.9. The van der Waals surface area contributed by atoms with Crippen molar-refractivity contribution < 1.29 is 9.47 Å². The van der Waals surface area contributed by atoms with E-state index in [9.17, 15) is 0 Å². The normalized spacial score (nSPS) is 10.4. The molecule has 0 radical (unpaired) electrons. The zero-order valence-corrected chi connectivity index (χ0v) is 13.5. The van der Waals surface area contributed by atoms with E-state index in [1.54, 1.807) is 7.11 Å². The van der Waals surface area contributed by atoms with Crippen molar-refractivity contribution >= 4 is 15.9 Å². The fraction of sp³-hybridized carbons (Fsp3) is 0.312. The van der Waals surface area contributed by atoms with E-state index in [0.29, 0.717) is 6.61 Å². The molecule has 20 heavy (non-hydrogen) atoms. The lowest BCUT2D eigenvalue weighted by Crippen LogP contribution is -2.04. The Morgan fingerprint density at radius 2 is 2.05 bits per heavy atom. The summed E-state index contributed by atoms with van der Waals surface area (Å²) in [6.45, 7) is 4.43. The van der Waals surface area contributed by atoms with E-state index in [4.69, 9.17) is 9.47 Å². The first-order chi connectivity index (χ1) is 9.65. The Kier molecular flexibility index (Phi) is 5.01. The summed E-state index contributed by atoms with van der Waals surface area (Å²) < 4.78 is 11.2. The van der Waals surface area contributed by atoms with Gasteiger partial charge >= 0.3 is 0 Å². The van der Waals surface area contributed by atoms with Gasteiger partial charge in [0.15, 0.2) is 0 Å². The molecule has 0 bridgehead atoms. The first-order valence-corrected chi connectivity index (χ1v) is 7.54. The summed E-state index contributed by atoms with van der Waals surface area (Å²) in [6.07, 6.45) is 1.82. The van der Waals surface area contributed by atoms with Crippen molar-refractivity contribution in [3.8, 4) is 11.5 Å². The zero-order chi connectivity index (χ0) is 14.5. The molecule has 106 valence electrons. The maximum absolute atomic E-state index is 5.82. The molecule has 0 N–H and O–H groups in total. The number of rotatable bonds is 5. The highest BCUT2D eigenvalue weighted by Gasteiger charge is 2.10. The van der Waals surface area contributed by atoms with Crippen molar-refractivity contribution in [2.75, 3.05) is 7.11 Å². The Balaban J connectivity index is 2.14. The van der Waals surface area contributed by atoms with Crippen molar-refractivity contribution in [1.82, 2.24) is 4.98 Å². The molecular weight excluding hydrogens is 318 g/mol. The van der Waals surface area contributed by atoms with E-state index in [2.05, 4.69) is 27.0 Å². The number of benzene rings is 1. The predicted molar refractivity (Wildman–Crippen MR) is 83.7 cm³/mol. The number of aryl methyl sites for hydroxylation is 1. The average Bonchev–Trinajstić information content (AvgIpc) is 2.47. The van der Waals surface area contributed by atoms with Gasteiger partial charge in [0.05, 0.1) is 12.8 Å². The lowest BCUT2D eigenvalue weighted by molar-refractivity contribution is 0.298. The molecule has 2 aromatic rings. The van der Waals surface area contributed by atoms with Gasteiger partial charge in [0.1, 0.15) is 18.1 Å². The Labute approximate surface area is 128 Å². The van der Waals surface area contributed by atoms with Crippen LogP contribution < -0.4 is 9.47 Å². The standard InChI is InChI=1S/C16H18BrNO2/c1-11-9-18-15(12(2)16(11)19-3)10-20-14-6-4-5-13(7-14)8-17/h4-7,9H,8,10H2,1-3H3. The van der Waals surface area contributed by atoms with Crippen molar-refractivity contribution in [1.29, 1.82) is 0 Å². The molecule has 0 aliphatic carbocycles. The molecule has 0 amide bonds. The minimum atomic E-state index is 0.439. The second kappa shape index (κ2) is 6.75. The topological polar surface area (TPSA) is 31.4 Å². The highest BCUT2D eigenvalue weighted by Crippen LogP contribution is 2.25. The number of aromatic nitrogens is 1. The minimum Gasteiger partial charge on any atom is -0.496 e. The summed E-state index contributed by atoms with van der Waals surface area (Å²) >= 11 is 3.44. The molecule has 0 aliphatic rings. The van der Waals surface area contributed by atoms with Crippen LogP contribution in [0.2, 0.25) is 0 Å². The van der Waals surface area contributed by atoms with E-state index in [1.165, 1.54) is 5.56 Å². The highest BCUT2D eigenvalue weighted by molar-refractivity contribution is 9.08. The van der Waals surface area contributed by atoms with Gasteiger partial charge in [-0.05, 0) is 31.5 Å². The first kappa shape index (κ1) is 14.9. The summed E-state index contributed by atoms with van der Waals surface area (Å²) in [4.78, 5) is 4.43. The van der Waals surface area contributed by atoms with Crippen LogP contribution in [0.5, 0.6) is 11.5 Å².